The predicted molar refractivity (Wildman–Crippen MR) is 52.0 cm³/mol. The van der Waals surface area contributed by atoms with E-state index in [1.807, 2.05) is 0 Å². The van der Waals surface area contributed by atoms with E-state index in [9.17, 15) is 9.59 Å². The Bertz CT molecular complexity index is 355. The van der Waals surface area contributed by atoms with Gasteiger partial charge in [0.05, 0.1) is 0 Å². The fourth-order valence-corrected chi connectivity index (χ4v) is 1.15. The van der Waals surface area contributed by atoms with Crippen LogP contribution in [0, 0.1) is 5.92 Å². The standard InChI is InChI=1S/C10H14N2O2/c1-7(8(2)13)6-9(14)10-11-4-5-12(10)3/h4-5,7H,6H2,1-3H3. The normalized spacial score (nSPS) is 12.5. The first-order valence-electron chi connectivity index (χ1n) is 4.53. The summed E-state index contributed by atoms with van der Waals surface area (Å²) in [5.41, 5.74) is 0. The Morgan fingerprint density at radius 1 is 1.57 bits per heavy atom. The minimum absolute atomic E-state index is 0.0348. The molecule has 1 rings (SSSR count). The summed E-state index contributed by atoms with van der Waals surface area (Å²) >= 11 is 0. The Morgan fingerprint density at radius 3 is 2.64 bits per heavy atom. The van der Waals surface area contributed by atoms with Crippen molar-refractivity contribution >= 4 is 11.6 Å². The lowest BCUT2D eigenvalue weighted by molar-refractivity contribution is -0.120. The molecule has 0 aliphatic carbocycles. The summed E-state index contributed by atoms with van der Waals surface area (Å²) in [6.45, 7) is 3.25. The lowest BCUT2D eigenvalue weighted by atomic mass is 10.0. The topological polar surface area (TPSA) is 52.0 Å². The minimum Gasteiger partial charge on any atom is -0.332 e. The van der Waals surface area contributed by atoms with Gasteiger partial charge >= 0.3 is 0 Å². The number of hydrogen-bond donors (Lipinski definition) is 0. The third-order valence-corrected chi connectivity index (χ3v) is 2.26. The van der Waals surface area contributed by atoms with Crippen molar-refractivity contribution in [2.24, 2.45) is 13.0 Å². The minimum atomic E-state index is -0.223. The highest BCUT2D eigenvalue weighted by atomic mass is 16.1. The van der Waals surface area contributed by atoms with E-state index in [4.69, 9.17) is 0 Å². The number of aromatic nitrogens is 2. The molecule has 1 unspecified atom stereocenters. The van der Waals surface area contributed by atoms with Crippen LogP contribution in [-0.2, 0) is 11.8 Å². The summed E-state index contributed by atoms with van der Waals surface area (Å²) in [6, 6.07) is 0. The number of imidazole rings is 1. The number of Topliss-reactive ketones (excluding diaryl/α,β-unsaturated/α-hetero) is 2. The van der Waals surface area contributed by atoms with Crippen molar-refractivity contribution in [2.45, 2.75) is 20.3 Å². The molecule has 0 bridgehead atoms. The van der Waals surface area contributed by atoms with Crippen LogP contribution in [0.4, 0.5) is 0 Å². The fourth-order valence-electron chi connectivity index (χ4n) is 1.15. The van der Waals surface area contributed by atoms with E-state index in [1.165, 1.54) is 6.92 Å². The number of carbonyl (C=O) groups excluding carboxylic acids is 2. The summed E-state index contributed by atoms with van der Waals surface area (Å²) in [5.74, 6) is 0.144. The van der Waals surface area contributed by atoms with Crippen LogP contribution in [0.1, 0.15) is 30.9 Å². The Kier molecular flexibility index (Phi) is 3.17. The van der Waals surface area contributed by atoms with Crippen molar-refractivity contribution in [3.05, 3.63) is 18.2 Å². The van der Waals surface area contributed by atoms with Crippen LogP contribution in [0.5, 0.6) is 0 Å². The van der Waals surface area contributed by atoms with Gasteiger partial charge in [-0.25, -0.2) is 4.98 Å². The van der Waals surface area contributed by atoms with Gasteiger partial charge in [0.2, 0.25) is 0 Å². The van der Waals surface area contributed by atoms with Gasteiger partial charge in [-0.3, -0.25) is 9.59 Å². The van der Waals surface area contributed by atoms with Gasteiger partial charge in [0.25, 0.3) is 0 Å². The van der Waals surface area contributed by atoms with Crippen molar-refractivity contribution in [3.63, 3.8) is 0 Å². The average Bonchev–Trinajstić information content (AvgIpc) is 2.51. The zero-order valence-corrected chi connectivity index (χ0v) is 8.65. The average molecular weight is 194 g/mol. The fraction of sp³-hybridized carbons (Fsp3) is 0.500. The molecular weight excluding hydrogens is 180 g/mol. The molecule has 76 valence electrons. The summed E-state index contributed by atoms with van der Waals surface area (Å²) in [4.78, 5) is 26.5. The van der Waals surface area contributed by atoms with E-state index >= 15 is 0 Å². The Balaban J connectivity index is 2.69. The van der Waals surface area contributed by atoms with Gasteiger partial charge in [-0.1, -0.05) is 6.92 Å². The van der Waals surface area contributed by atoms with E-state index < -0.39 is 0 Å². The quantitative estimate of drug-likeness (QED) is 0.677. The van der Waals surface area contributed by atoms with Crippen molar-refractivity contribution in [1.29, 1.82) is 0 Å². The molecule has 1 aromatic heterocycles. The van der Waals surface area contributed by atoms with Crippen molar-refractivity contribution in [1.82, 2.24) is 9.55 Å². The van der Waals surface area contributed by atoms with E-state index in [0.717, 1.165) is 0 Å². The summed E-state index contributed by atoms with van der Waals surface area (Å²) in [5, 5.41) is 0. The van der Waals surface area contributed by atoms with E-state index in [-0.39, 0.29) is 23.9 Å². The second-order valence-electron chi connectivity index (χ2n) is 3.50. The molecule has 0 saturated heterocycles. The summed E-state index contributed by atoms with van der Waals surface area (Å²) < 4.78 is 1.66. The van der Waals surface area contributed by atoms with Crippen molar-refractivity contribution in [3.8, 4) is 0 Å². The Hall–Kier alpha value is -1.45. The zero-order valence-electron chi connectivity index (χ0n) is 8.65. The number of ketones is 2. The molecule has 0 saturated carbocycles. The van der Waals surface area contributed by atoms with Gasteiger partial charge in [-0.15, -0.1) is 0 Å². The Labute approximate surface area is 82.9 Å². The molecule has 0 N–H and O–H groups in total. The van der Waals surface area contributed by atoms with Crippen LogP contribution in [-0.4, -0.2) is 21.1 Å². The predicted octanol–water partition coefficient (Wildman–Crippen LogP) is 1.22. The van der Waals surface area contributed by atoms with Gasteiger partial charge in [-0.05, 0) is 6.92 Å². The van der Waals surface area contributed by atoms with Crippen LogP contribution < -0.4 is 0 Å². The van der Waals surface area contributed by atoms with E-state index in [1.54, 1.807) is 30.9 Å². The number of hydrogen-bond acceptors (Lipinski definition) is 3. The molecule has 0 fully saturated rings. The van der Waals surface area contributed by atoms with Crippen LogP contribution in [0.2, 0.25) is 0 Å². The first-order chi connectivity index (χ1) is 6.52. The number of carbonyl (C=O) groups is 2. The summed E-state index contributed by atoms with van der Waals surface area (Å²) in [6.07, 6.45) is 3.53. The molecule has 1 aromatic rings. The highest BCUT2D eigenvalue weighted by Gasteiger charge is 2.17. The van der Waals surface area contributed by atoms with Crippen LogP contribution in [0.25, 0.3) is 0 Å². The van der Waals surface area contributed by atoms with Crippen molar-refractivity contribution in [2.75, 3.05) is 0 Å². The molecule has 0 aliphatic rings. The van der Waals surface area contributed by atoms with E-state index in [2.05, 4.69) is 4.98 Å². The van der Waals surface area contributed by atoms with Gasteiger partial charge < -0.3 is 4.57 Å². The lowest BCUT2D eigenvalue weighted by Gasteiger charge is -2.05. The number of nitrogens with zero attached hydrogens (tertiary/aromatic N) is 2. The van der Waals surface area contributed by atoms with Crippen LogP contribution in [0.3, 0.4) is 0 Å². The molecule has 14 heavy (non-hydrogen) atoms. The second-order valence-corrected chi connectivity index (χ2v) is 3.50. The first-order valence-corrected chi connectivity index (χ1v) is 4.53. The van der Waals surface area contributed by atoms with E-state index in [0.29, 0.717) is 5.82 Å². The third kappa shape index (κ3) is 2.28. The summed E-state index contributed by atoms with van der Waals surface area (Å²) in [7, 11) is 1.76. The molecule has 4 nitrogen and oxygen atoms in total. The molecule has 0 aliphatic heterocycles. The SMILES string of the molecule is CC(=O)C(C)CC(=O)c1nccn1C. The molecular formula is C10H14N2O2. The number of aryl methyl sites for hydroxylation is 1. The van der Waals surface area contributed by atoms with Gasteiger partial charge in [-0.2, -0.15) is 0 Å². The van der Waals surface area contributed by atoms with Gasteiger partial charge in [0.15, 0.2) is 11.6 Å². The maximum absolute atomic E-state index is 11.6. The molecule has 0 spiro atoms. The van der Waals surface area contributed by atoms with Crippen molar-refractivity contribution < 1.29 is 9.59 Å². The lowest BCUT2D eigenvalue weighted by Crippen LogP contribution is -2.15. The maximum Gasteiger partial charge on any atom is 0.198 e. The molecule has 0 radical (unpaired) electrons. The van der Waals surface area contributed by atoms with Crippen LogP contribution in [0.15, 0.2) is 12.4 Å². The molecule has 0 amide bonds. The maximum atomic E-state index is 11.6. The molecule has 4 heteroatoms. The molecule has 0 aromatic carbocycles. The van der Waals surface area contributed by atoms with Gasteiger partial charge in [0.1, 0.15) is 5.78 Å². The molecule has 1 heterocycles. The molecule has 1 atom stereocenters. The smallest absolute Gasteiger partial charge is 0.198 e. The number of rotatable bonds is 4. The third-order valence-electron chi connectivity index (χ3n) is 2.26. The second kappa shape index (κ2) is 4.17. The van der Waals surface area contributed by atoms with Gasteiger partial charge in [0, 0.05) is 31.8 Å². The zero-order chi connectivity index (χ0) is 10.7. The first kappa shape index (κ1) is 10.6. The largest absolute Gasteiger partial charge is 0.332 e. The Morgan fingerprint density at radius 2 is 2.21 bits per heavy atom. The highest BCUT2D eigenvalue weighted by molar-refractivity contribution is 5.95. The van der Waals surface area contributed by atoms with Crippen LogP contribution >= 0.6 is 0 Å². The highest BCUT2D eigenvalue weighted by Crippen LogP contribution is 2.08. The monoisotopic (exact) mass is 194 g/mol.